The standard InChI is InChI=1S/C9H16ClN3O2S/c1-6(2)5-8-11-12-9(16(10,14)15)13(8)7(3)4/h6-7H,5H2,1-4H3. The average molecular weight is 266 g/mol. The highest BCUT2D eigenvalue weighted by Gasteiger charge is 2.24. The number of hydrogen-bond acceptors (Lipinski definition) is 4. The zero-order chi connectivity index (χ0) is 12.5. The van der Waals surface area contributed by atoms with Crippen LogP contribution in [0.2, 0.25) is 0 Å². The van der Waals surface area contributed by atoms with Crippen LogP contribution in [0.25, 0.3) is 0 Å². The molecule has 0 aliphatic carbocycles. The Hall–Kier alpha value is -0.620. The van der Waals surface area contributed by atoms with Crippen LogP contribution in [0.4, 0.5) is 0 Å². The van der Waals surface area contributed by atoms with E-state index in [1.807, 2.05) is 27.7 Å². The maximum absolute atomic E-state index is 11.3. The van der Waals surface area contributed by atoms with Gasteiger partial charge in [-0.25, -0.2) is 8.42 Å². The molecule has 1 aromatic heterocycles. The van der Waals surface area contributed by atoms with Gasteiger partial charge < -0.3 is 0 Å². The van der Waals surface area contributed by atoms with Crippen LogP contribution < -0.4 is 0 Å². The van der Waals surface area contributed by atoms with E-state index in [0.29, 0.717) is 18.2 Å². The molecule has 0 aliphatic heterocycles. The van der Waals surface area contributed by atoms with E-state index in [1.54, 1.807) is 4.57 Å². The molecule has 0 amide bonds. The van der Waals surface area contributed by atoms with E-state index in [1.165, 1.54) is 0 Å². The number of hydrogen-bond donors (Lipinski definition) is 0. The van der Waals surface area contributed by atoms with Gasteiger partial charge in [0.2, 0.25) is 0 Å². The van der Waals surface area contributed by atoms with Crippen molar-refractivity contribution in [3.05, 3.63) is 5.82 Å². The third-order valence-corrected chi connectivity index (χ3v) is 3.19. The van der Waals surface area contributed by atoms with Crippen LogP contribution in [0.15, 0.2) is 5.16 Å². The highest BCUT2D eigenvalue weighted by molar-refractivity contribution is 8.13. The second-order valence-electron chi connectivity index (χ2n) is 4.40. The van der Waals surface area contributed by atoms with Crippen molar-refractivity contribution < 1.29 is 8.42 Å². The van der Waals surface area contributed by atoms with Crippen molar-refractivity contribution in [2.24, 2.45) is 5.92 Å². The fraction of sp³-hybridized carbons (Fsp3) is 0.778. The van der Waals surface area contributed by atoms with E-state index < -0.39 is 9.05 Å². The first-order chi connectivity index (χ1) is 7.23. The molecule has 0 radical (unpaired) electrons. The second-order valence-corrected chi connectivity index (χ2v) is 6.86. The first-order valence-corrected chi connectivity index (χ1v) is 7.42. The molecule has 0 atom stereocenters. The predicted molar refractivity (Wildman–Crippen MR) is 62.0 cm³/mol. The number of nitrogens with zero attached hydrogens (tertiary/aromatic N) is 3. The Bertz CT molecular complexity index is 465. The van der Waals surface area contributed by atoms with Crippen molar-refractivity contribution in [1.29, 1.82) is 0 Å². The lowest BCUT2D eigenvalue weighted by Gasteiger charge is -2.13. The van der Waals surface area contributed by atoms with Gasteiger partial charge in [0.1, 0.15) is 5.82 Å². The molecule has 5 nitrogen and oxygen atoms in total. The Morgan fingerprint density at radius 3 is 2.19 bits per heavy atom. The van der Waals surface area contributed by atoms with Gasteiger partial charge in [0.25, 0.3) is 14.2 Å². The molecular weight excluding hydrogens is 250 g/mol. The summed E-state index contributed by atoms with van der Waals surface area (Å²) in [7, 11) is 1.47. The minimum absolute atomic E-state index is 0.0349. The van der Waals surface area contributed by atoms with Crippen LogP contribution in [0.5, 0.6) is 0 Å². The lowest BCUT2D eigenvalue weighted by molar-refractivity contribution is 0.489. The number of aromatic nitrogens is 3. The molecule has 0 bridgehead atoms. The third-order valence-electron chi connectivity index (χ3n) is 2.06. The third kappa shape index (κ3) is 2.95. The topological polar surface area (TPSA) is 64.8 Å². The highest BCUT2D eigenvalue weighted by atomic mass is 35.7. The van der Waals surface area contributed by atoms with Crippen molar-refractivity contribution in [2.45, 2.75) is 45.3 Å². The smallest absolute Gasteiger partial charge is 0.296 e. The highest BCUT2D eigenvalue weighted by Crippen LogP contribution is 2.20. The lowest BCUT2D eigenvalue weighted by atomic mass is 10.1. The summed E-state index contributed by atoms with van der Waals surface area (Å²) >= 11 is 0. The van der Waals surface area contributed by atoms with Crippen LogP contribution in [0.3, 0.4) is 0 Å². The molecule has 0 aliphatic rings. The average Bonchev–Trinajstić information content (AvgIpc) is 2.45. The van der Waals surface area contributed by atoms with E-state index in [9.17, 15) is 8.42 Å². The molecule has 0 aromatic carbocycles. The van der Waals surface area contributed by atoms with Crippen LogP contribution in [0.1, 0.15) is 39.6 Å². The summed E-state index contributed by atoms with van der Waals surface area (Å²) < 4.78 is 24.2. The predicted octanol–water partition coefficient (Wildman–Crippen LogP) is 1.98. The summed E-state index contributed by atoms with van der Waals surface area (Å²) in [4.78, 5) is 0. The number of rotatable bonds is 4. The van der Waals surface area contributed by atoms with Crippen molar-refractivity contribution in [1.82, 2.24) is 14.8 Å². The molecule has 0 saturated heterocycles. The summed E-state index contributed by atoms with van der Waals surface area (Å²) in [6, 6.07) is -0.0349. The Kier molecular flexibility index (Phi) is 3.96. The van der Waals surface area contributed by atoms with Gasteiger partial charge in [0.05, 0.1) is 0 Å². The molecule has 7 heteroatoms. The summed E-state index contributed by atoms with van der Waals surface area (Å²) in [5, 5.41) is 7.38. The molecular formula is C9H16ClN3O2S. The monoisotopic (exact) mass is 265 g/mol. The Labute approximate surface area is 100 Å². The van der Waals surface area contributed by atoms with Crippen LogP contribution in [-0.4, -0.2) is 23.2 Å². The van der Waals surface area contributed by atoms with Gasteiger partial charge in [-0.3, -0.25) is 4.57 Å². The molecule has 1 aromatic rings. The first-order valence-electron chi connectivity index (χ1n) is 5.12. The normalized spacial score (nSPS) is 12.7. The van der Waals surface area contributed by atoms with E-state index in [0.717, 1.165) is 0 Å². The fourth-order valence-corrected chi connectivity index (χ4v) is 2.50. The Morgan fingerprint density at radius 1 is 1.25 bits per heavy atom. The van der Waals surface area contributed by atoms with Crippen molar-refractivity contribution in [2.75, 3.05) is 0 Å². The first kappa shape index (κ1) is 13.4. The van der Waals surface area contributed by atoms with Gasteiger partial charge in [-0.1, -0.05) is 13.8 Å². The molecule has 92 valence electrons. The van der Waals surface area contributed by atoms with Crippen LogP contribution in [-0.2, 0) is 15.5 Å². The minimum Gasteiger partial charge on any atom is -0.298 e. The van der Waals surface area contributed by atoms with Crippen LogP contribution >= 0.6 is 10.7 Å². The number of halogens is 1. The van der Waals surface area contributed by atoms with Crippen molar-refractivity contribution in [3.63, 3.8) is 0 Å². The SMILES string of the molecule is CC(C)Cc1nnc(S(=O)(=O)Cl)n1C(C)C. The molecule has 1 heterocycles. The van der Waals surface area contributed by atoms with Gasteiger partial charge in [-0.15, -0.1) is 10.2 Å². The molecule has 16 heavy (non-hydrogen) atoms. The van der Waals surface area contributed by atoms with Gasteiger partial charge in [-0.05, 0) is 19.8 Å². The Balaban J connectivity index is 3.28. The molecule has 0 unspecified atom stereocenters. The van der Waals surface area contributed by atoms with Crippen LogP contribution in [0, 0.1) is 5.92 Å². The van der Waals surface area contributed by atoms with Gasteiger partial charge >= 0.3 is 0 Å². The molecule has 1 rings (SSSR count). The summed E-state index contributed by atoms with van der Waals surface area (Å²) in [5.74, 6) is 1.04. The van der Waals surface area contributed by atoms with Gasteiger partial charge in [0.15, 0.2) is 0 Å². The minimum atomic E-state index is -3.83. The molecule has 0 fully saturated rings. The summed E-state index contributed by atoms with van der Waals surface area (Å²) in [5.41, 5.74) is 0. The Morgan fingerprint density at radius 2 is 1.81 bits per heavy atom. The van der Waals surface area contributed by atoms with Gasteiger partial charge in [0, 0.05) is 23.1 Å². The van der Waals surface area contributed by atoms with E-state index >= 15 is 0 Å². The zero-order valence-corrected chi connectivity index (χ0v) is 11.4. The second kappa shape index (κ2) is 4.71. The molecule has 0 saturated carbocycles. The molecule has 0 spiro atoms. The largest absolute Gasteiger partial charge is 0.298 e. The van der Waals surface area contributed by atoms with E-state index in [-0.39, 0.29) is 11.2 Å². The summed E-state index contributed by atoms with van der Waals surface area (Å²) in [6.45, 7) is 7.82. The zero-order valence-electron chi connectivity index (χ0n) is 9.81. The summed E-state index contributed by atoms with van der Waals surface area (Å²) in [6.07, 6.45) is 0.678. The van der Waals surface area contributed by atoms with Crippen molar-refractivity contribution >= 4 is 19.7 Å². The van der Waals surface area contributed by atoms with E-state index in [2.05, 4.69) is 10.2 Å². The lowest BCUT2D eigenvalue weighted by Crippen LogP contribution is -2.13. The molecule has 0 N–H and O–H groups in total. The fourth-order valence-electron chi connectivity index (χ4n) is 1.50. The maximum Gasteiger partial charge on any atom is 0.296 e. The maximum atomic E-state index is 11.3. The van der Waals surface area contributed by atoms with Crippen molar-refractivity contribution in [3.8, 4) is 0 Å². The van der Waals surface area contributed by atoms with Gasteiger partial charge in [-0.2, -0.15) is 0 Å². The van der Waals surface area contributed by atoms with E-state index in [4.69, 9.17) is 10.7 Å². The quantitative estimate of drug-likeness (QED) is 0.781.